The number of nitrogen functional groups attached to an aromatic ring is 1. The van der Waals surface area contributed by atoms with Gasteiger partial charge in [-0.2, -0.15) is 0 Å². The van der Waals surface area contributed by atoms with E-state index < -0.39 is 11.9 Å². The highest BCUT2D eigenvalue weighted by atomic mass is 16.5. The Morgan fingerprint density at radius 2 is 1.81 bits per heavy atom. The second-order valence-corrected chi connectivity index (χ2v) is 5.21. The van der Waals surface area contributed by atoms with Gasteiger partial charge >= 0.3 is 6.03 Å². The van der Waals surface area contributed by atoms with Crippen molar-refractivity contribution in [1.29, 1.82) is 0 Å². The lowest BCUT2D eigenvalue weighted by atomic mass is 9.96. The van der Waals surface area contributed by atoms with Gasteiger partial charge in [-0.05, 0) is 37.1 Å². The van der Waals surface area contributed by atoms with Gasteiger partial charge in [-0.1, -0.05) is 19.3 Å². The zero-order valence-corrected chi connectivity index (χ0v) is 11.9. The first-order valence-electron chi connectivity index (χ1n) is 7.22. The molecular weight excluding hydrogens is 270 g/mol. The molecule has 0 atom stereocenters. The van der Waals surface area contributed by atoms with Crippen molar-refractivity contribution in [2.75, 3.05) is 12.3 Å². The van der Waals surface area contributed by atoms with Crippen LogP contribution < -0.4 is 21.1 Å². The summed E-state index contributed by atoms with van der Waals surface area (Å²) in [7, 11) is 0. The number of benzene rings is 1. The molecule has 1 saturated carbocycles. The molecule has 114 valence electrons. The van der Waals surface area contributed by atoms with Gasteiger partial charge in [0.25, 0.3) is 5.91 Å². The number of nitrogens with two attached hydrogens (primary N) is 1. The number of anilines is 1. The molecule has 1 fully saturated rings. The van der Waals surface area contributed by atoms with Gasteiger partial charge in [0.15, 0.2) is 6.61 Å². The largest absolute Gasteiger partial charge is 0.484 e. The Morgan fingerprint density at radius 3 is 2.48 bits per heavy atom. The molecule has 6 heteroatoms. The van der Waals surface area contributed by atoms with E-state index in [9.17, 15) is 9.59 Å². The first-order chi connectivity index (χ1) is 10.1. The molecule has 1 aromatic carbocycles. The summed E-state index contributed by atoms with van der Waals surface area (Å²) in [6.45, 7) is -0.206. The molecule has 1 aromatic rings. The van der Waals surface area contributed by atoms with Crippen LogP contribution in [0.1, 0.15) is 32.1 Å². The van der Waals surface area contributed by atoms with Crippen molar-refractivity contribution < 1.29 is 14.3 Å². The van der Waals surface area contributed by atoms with E-state index in [1.54, 1.807) is 24.3 Å². The summed E-state index contributed by atoms with van der Waals surface area (Å²) < 4.78 is 5.27. The molecule has 0 saturated heterocycles. The number of nitrogens with one attached hydrogen (secondary N) is 2. The third-order valence-corrected chi connectivity index (χ3v) is 3.44. The van der Waals surface area contributed by atoms with Crippen LogP contribution in [0.2, 0.25) is 0 Å². The van der Waals surface area contributed by atoms with Crippen LogP contribution in [0.3, 0.4) is 0 Å². The van der Waals surface area contributed by atoms with Crippen molar-refractivity contribution in [2.24, 2.45) is 0 Å². The molecule has 0 aliphatic heterocycles. The predicted molar refractivity (Wildman–Crippen MR) is 79.9 cm³/mol. The van der Waals surface area contributed by atoms with Crippen molar-refractivity contribution in [1.82, 2.24) is 10.6 Å². The van der Waals surface area contributed by atoms with Gasteiger partial charge in [-0.25, -0.2) is 4.79 Å². The Morgan fingerprint density at radius 1 is 1.14 bits per heavy atom. The average molecular weight is 291 g/mol. The van der Waals surface area contributed by atoms with Crippen LogP contribution >= 0.6 is 0 Å². The summed E-state index contributed by atoms with van der Waals surface area (Å²) in [6, 6.07) is 6.43. The Hall–Kier alpha value is -2.24. The summed E-state index contributed by atoms with van der Waals surface area (Å²) in [5, 5.41) is 5.08. The van der Waals surface area contributed by atoms with Gasteiger partial charge in [0.2, 0.25) is 0 Å². The molecule has 0 spiro atoms. The van der Waals surface area contributed by atoms with Crippen LogP contribution in [0, 0.1) is 0 Å². The molecule has 0 aromatic heterocycles. The monoisotopic (exact) mass is 291 g/mol. The Kier molecular flexibility index (Phi) is 5.43. The Balaban J connectivity index is 1.68. The van der Waals surface area contributed by atoms with Crippen molar-refractivity contribution >= 4 is 17.6 Å². The smallest absolute Gasteiger partial charge is 0.321 e. The molecule has 4 N–H and O–H groups in total. The highest BCUT2D eigenvalue weighted by Gasteiger charge is 2.16. The molecular formula is C15H21N3O3. The van der Waals surface area contributed by atoms with Crippen molar-refractivity contribution in [2.45, 2.75) is 38.1 Å². The third kappa shape index (κ3) is 5.33. The summed E-state index contributed by atoms with van der Waals surface area (Å²) in [5.74, 6) is 0.0622. The van der Waals surface area contributed by atoms with Gasteiger partial charge in [0, 0.05) is 11.7 Å². The lowest BCUT2D eigenvalue weighted by Gasteiger charge is -2.22. The number of hydrogen-bond donors (Lipinski definition) is 3. The van der Waals surface area contributed by atoms with Crippen LogP contribution in [0.5, 0.6) is 5.75 Å². The SMILES string of the molecule is Nc1ccc(OCC(=O)NC(=O)NC2CCCCC2)cc1. The summed E-state index contributed by atoms with van der Waals surface area (Å²) in [4.78, 5) is 23.3. The highest BCUT2D eigenvalue weighted by molar-refractivity contribution is 5.95. The fourth-order valence-electron chi connectivity index (χ4n) is 2.34. The lowest BCUT2D eigenvalue weighted by Crippen LogP contribution is -2.46. The number of imide groups is 1. The first kappa shape index (κ1) is 15.2. The van der Waals surface area contributed by atoms with E-state index >= 15 is 0 Å². The summed E-state index contributed by atoms with van der Waals surface area (Å²) in [6.07, 6.45) is 5.42. The van der Waals surface area contributed by atoms with Gasteiger partial charge in [-0.3, -0.25) is 10.1 Å². The zero-order valence-electron chi connectivity index (χ0n) is 11.9. The maximum atomic E-state index is 11.7. The normalized spacial score (nSPS) is 15.2. The van der Waals surface area contributed by atoms with Crippen LogP contribution in [0.25, 0.3) is 0 Å². The first-order valence-corrected chi connectivity index (χ1v) is 7.22. The van der Waals surface area contributed by atoms with Gasteiger partial charge in [0.1, 0.15) is 5.75 Å². The van der Waals surface area contributed by atoms with Crippen LogP contribution in [0.4, 0.5) is 10.5 Å². The molecule has 0 radical (unpaired) electrons. The van der Waals surface area contributed by atoms with Crippen molar-refractivity contribution in [3.63, 3.8) is 0 Å². The van der Waals surface area contributed by atoms with E-state index in [4.69, 9.17) is 10.5 Å². The predicted octanol–water partition coefficient (Wildman–Crippen LogP) is 1.81. The van der Waals surface area contributed by atoms with Gasteiger partial charge in [0.05, 0.1) is 0 Å². The van der Waals surface area contributed by atoms with E-state index in [1.807, 2.05) is 0 Å². The fraction of sp³-hybridized carbons (Fsp3) is 0.467. The average Bonchev–Trinajstić information content (AvgIpc) is 2.47. The van der Waals surface area contributed by atoms with E-state index in [1.165, 1.54) is 6.42 Å². The molecule has 3 amide bonds. The van der Waals surface area contributed by atoms with Crippen LogP contribution in [-0.4, -0.2) is 24.6 Å². The van der Waals surface area contributed by atoms with E-state index in [2.05, 4.69) is 10.6 Å². The number of urea groups is 1. The minimum absolute atomic E-state index is 0.171. The molecule has 1 aliphatic rings. The minimum atomic E-state index is -0.472. The zero-order chi connectivity index (χ0) is 15.1. The van der Waals surface area contributed by atoms with E-state index in [0.717, 1.165) is 25.7 Å². The Bertz CT molecular complexity index is 481. The number of hydrogen-bond acceptors (Lipinski definition) is 4. The fourth-order valence-corrected chi connectivity index (χ4v) is 2.34. The van der Waals surface area contributed by atoms with Crippen molar-refractivity contribution in [3.8, 4) is 5.75 Å². The summed E-state index contributed by atoms with van der Waals surface area (Å²) >= 11 is 0. The second kappa shape index (κ2) is 7.52. The summed E-state index contributed by atoms with van der Waals surface area (Å²) in [5.41, 5.74) is 6.17. The van der Waals surface area contributed by atoms with Gasteiger partial charge in [-0.15, -0.1) is 0 Å². The Labute approximate surface area is 124 Å². The molecule has 0 unspecified atom stereocenters. The molecule has 0 bridgehead atoms. The molecule has 21 heavy (non-hydrogen) atoms. The minimum Gasteiger partial charge on any atom is -0.484 e. The maximum Gasteiger partial charge on any atom is 0.321 e. The number of ether oxygens (including phenoxy) is 1. The number of rotatable bonds is 4. The standard InChI is InChI=1S/C15H21N3O3/c16-11-6-8-13(9-7-11)21-10-14(19)18-15(20)17-12-4-2-1-3-5-12/h6-9,12H,1-5,10,16H2,(H2,17,18,19,20). The highest BCUT2D eigenvalue weighted by Crippen LogP contribution is 2.17. The molecule has 6 nitrogen and oxygen atoms in total. The number of amides is 3. The van der Waals surface area contributed by atoms with Crippen LogP contribution in [-0.2, 0) is 4.79 Å². The molecule has 1 aliphatic carbocycles. The van der Waals surface area contributed by atoms with E-state index in [-0.39, 0.29) is 12.6 Å². The van der Waals surface area contributed by atoms with Gasteiger partial charge < -0.3 is 15.8 Å². The van der Waals surface area contributed by atoms with Crippen molar-refractivity contribution in [3.05, 3.63) is 24.3 Å². The second-order valence-electron chi connectivity index (χ2n) is 5.21. The third-order valence-electron chi connectivity index (χ3n) is 3.44. The number of carbonyl (C=O) groups excluding carboxylic acids is 2. The lowest BCUT2D eigenvalue weighted by molar-refractivity contribution is -0.122. The quantitative estimate of drug-likeness (QED) is 0.737. The topological polar surface area (TPSA) is 93.4 Å². The number of carbonyl (C=O) groups is 2. The van der Waals surface area contributed by atoms with E-state index in [0.29, 0.717) is 11.4 Å². The molecule has 2 rings (SSSR count). The van der Waals surface area contributed by atoms with Crippen LogP contribution in [0.15, 0.2) is 24.3 Å². The molecule has 0 heterocycles. The maximum absolute atomic E-state index is 11.7.